The fraction of sp³-hybridized carbons (Fsp3) is 0.407. The Balaban J connectivity index is 0.000000390. The molecule has 0 aromatic heterocycles. The van der Waals surface area contributed by atoms with Crippen molar-refractivity contribution in [2.45, 2.75) is 57.4 Å². The molecule has 5 nitrogen and oxygen atoms in total. The first-order valence-corrected chi connectivity index (χ1v) is 11.4. The van der Waals surface area contributed by atoms with Crippen LogP contribution in [0.15, 0.2) is 72.8 Å². The first-order valence-electron chi connectivity index (χ1n) is 11.4. The summed E-state index contributed by atoms with van der Waals surface area (Å²) in [7, 11) is 0. The minimum Gasteiger partial charge on any atom is -0.478 e. The largest absolute Gasteiger partial charge is 0.478 e. The first-order chi connectivity index (χ1) is 15.5. The van der Waals surface area contributed by atoms with Gasteiger partial charge in [-0.1, -0.05) is 79.9 Å². The van der Waals surface area contributed by atoms with E-state index in [1.165, 1.54) is 43.2 Å². The zero-order chi connectivity index (χ0) is 23.2. The summed E-state index contributed by atoms with van der Waals surface area (Å²) in [6.07, 6.45) is 9.26. The fourth-order valence-corrected chi connectivity index (χ4v) is 4.30. The van der Waals surface area contributed by atoms with E-state index in [9.17, 15) is 9.59 Å². The molecular formula is C27H35NO4. The predicted octanol–water partition coefficient (Wildman–Crippen LogP) is 5.28. The number of hydrogen-bond donors (Lipinski definition) is 3. The van der Waals surface area contributed by atoms with Gasteiger partial charge in [-0.25, -0.2) is 9.59 Å². The Labute approximate surface area is 191 Å². The first kappa shape index (κ1) is 25.3. The average Bonchev–Trinajstić information content (AvgIpc) is 2.80. The van der Waals surface area contributed by atoms with Crippen molar-refractivity contribution < 1.29 is 19.8 Å². The SMILES string of the molecule is CC(Cc1ccccc1)NCC(c1ccccc1)C1CCCCC1.O=C(O)/C=C\C(=O)O. The highest BCUT2D eigenvalue weighted by atomic mass is 16.4. The number of carbonyl (C=O) groups is 2. The maximum absolute atomic E-state index is 9.55. The number of aliphatic carboxylic acids is 2. The molecule has 32 heavy (non-hydrogen) atoms. The molecule has 1 aliphatic rings. The van der Waals surface area contributed by atoms with Crippen molar-refractivity contribution >= 4 is 11.9 Å². The topological polar surface area (TPSA) is 86.6 Å². The highest BCUT2D eigenvalue weighted by molar-refractivity contribution is 5.89. The zero-order valence-corrected chi connectivity index (χ0v) is 18.8. The second kappa shape index (κ2) is 14.2. The highest BCUT2D eigenvalue weighted by Crippen LogP contribution is 2.35. The molecule has 3 N–H and O–H groups in total. The Morgan fingerprint density at radius 3 is 1.97 bits per heavy atom. The van der Waals surface area contributed by atoms with E-state index in [2.05, 4.69) is 72.9 Å². The van der Waals surface area contributed by atoms with Crippen molar-refractivity contribution in [2.75, 3.05) is 6.54 Å². The summed E-state index contributed by atoms with van der Waals surface area (Å²) in [6.45, 7) is 3.42. The minimum atomic E-state index is -1.26. The summed E-state index contributed by atoms with van der Waals surface area (Å²) in [5, 5.41) is 19.5. The third kappa shape index (κ3) is 9.92. The maximum Gasteiger partial charge on any atom is 0.328 e. The quantitative estimate of drug-likeness (QED) is 0.465. The van der Waals surface area contributed by atoms with E-state index in [-0.39, 0.29) is 0 Å². The van der Waals surface area contributed by atoms with Gasteiger partial charge in [0.1, 0.15) is 0 Å². The predicted molar refractivity (Wildman–Crippen MR) is 128 cm³/mol. The van der Waals surface area contributed by atoms with Crippen LogP contribution in [-0.4, -0.2) is 34.7 Å². The van der Waals surface area contributed by atoms with Crippen LogP contribution < -0.4 is 5.32 Å². The molecule has 1 fully saturated rings. The molecule has 2 atom stereocenters. The van der Waals surface area contributed by atoms with Crippen LogP contribution >= 0.6 is 0 Å². The van der Waals surface area contributed by atoms with E-state index >= 15 is 0 Å². The normalized spacial score (nSPS) is 16.0. The van der Waals surface area contributed by atoms with E-state index in [0.29, 0.717) is 24.1 Å². The van der Waals surface area contributed by atoms with E-state index in [1.54, 1.807) is 0 Å². The Bertz CT molecular complexity index is 813. The number of nitrogens with one attached hydrogen (secondary N) is 1. The number of benzene rings is 2. The lowest BCUT2D eigenvalue weighted by atomic mass is 9.76. The lowest BCUT2D eigenvalue weighted by Gasteiger charge is -2.32. The molecule has 0 radical (unpaired) electrons. The average molecular weight is 438 g/mol. The van der Waals surface area contributed by atoms with Gasteiger partial charge < -0.3 is 15.5 Å². The van der Waals surface area contributed by atoms with Crippen molar-refractivity contribution in [3.63, 3.8) is 0 Å². The van der Waals surface area contributed by atoms with Crippen LogP contribution in [0.25, 0.3) is 0 Å². The Kier molecular flexibility index (Phi) is 11.2. The van der Waals surface area contributed by atoms with Crippen molar-refractivity contribution in [2.24, 2.45) is 5.92 Å². The van der Waals surface area contributed by atoms with Gasteiger partial charge in [0.2, 0.25) is 0 Å². The van der Waals surface area contributed by atoms with Crippen molar-refractivity contribution in [1.29, 1.82) is 0 Å². The van der Waals surface area contributed by atoms with Gasteiger partial charge in [-0.05, 0) is 49.1 Å². The lowest BCUT2D eigenvalue weighted by Crippen LogP contribution is -2.35. The summed E-state index contributed by atoms with van der Waals surface area (Å²) in [6, 6.07) is 22.5. The molecule has 0 bridgehead atoms. The fourth-order valence-electron chi connectivity index (χ4n) is 4.30. The third-order valence-corrected chi connectivity index (χ3v) is 5.89. The summed E-state index contributed by atoms with van der Waals surface area (Å²) in [5.74, 6) is -1.01. The van der Waals surface area contributed by atoms with Crippen LogP contribution in [0.2, 0.25) is 0 Å². The third-order valence-electron chi connectivity index (χ3n) is 5.89. The molecule has 0 spiro atoms. The molecule has 2 unspecified atom stereocenters. The number of carboxylic acids is 2. The van der Waals surface area contributed by atoms with Crippen LogP contribution in [0.3, 0.4) is 0 Å². The van der Waals surface area contributed by atoms with Gasteiger partial charge in [0, 0.05) is 24.7 Å². The van der Waals surface area contributed by atoms with Gasteiger partial charge in [-0.2, -0.15) is 0 Å². The molecule has 1 aliphatic carbocycles. The van der Waals surface area contributed by atoms with Crippen molar-refractivity contribution in [3.8, 4) is 0 Å². The molecule has 3 rings (SSSR count). The van der Waals surface area contributed by atoms with E-state index in [4.69, 9.17) is 10.2 Å². The summed E-state index contributed by atoms with van der Waals surface area (Å²) in [4.78, 5) is 19.1. The second-order valence-corrected chi connectivity index (χ2v) is 8.42. The van der Waals surface area contributed by atoms with Gasteiger partial charge in [-0.15, -0.1) is 0 Å². The summed E-state index contributed by atoms with van der Waals surface area (Å²) < 4.78 is 0. The molecule has 0 heterocycles. The van der Waals surface area contributed by atoms with Crippen molar-refractivity contribution in [1.82, 2.24) is 5.32 Å². The molecule has 172 valence electrons. The lowest BCUT2D eigenvalue weighted by molar-refractivity contribution is -0.134. The molecule has 0 amide bonds. The second-order valence-electron chi connectivity index (χ2n) is 8.42. The number of hydrogen-bond acceptors (Lipinski definition) is 3. The molecular weight excluding hydrogens is 402 g/mol. The Morgan fingerprint density at radius 2 is 1.44 bits per heavy atom. The van der Waals surface area contributed by atoms with Crippen LogP contribution in [0.5, 0.6) is 0 Å². The van der Waals surface area contributed by atoms with Crippen LogP contribution in [0.1, 0.15) is 56.1 Å². The van der Waals surface area contributed by atoms with E-state index < -0.39 is 11.9 Å². The van der Waals surface area contributed by atoms with Crippen LogP contribution in [0, 0.1) is 5.92 Å². The molecule has 1 saturated carbocycles. The Morgan fingerprint density at radius 1 is 0.906 bits per heavy atom. The minimum absolute atomic E-state index is 0.516. The molecule has 0 aliphatic heterocycles. The van der Waals surface area contributed by atoms with Gasteiger partial charge in [0.05, 0.1) is 0 Å². The molecule has 5 heteroatoms. The smallest absolute Gasteiger partial charge is 0.328 e. The van der Waals surface area contributed by atoms with Gasteiger partial charge in [0.25, 0.3) is 0 Å². The van der Waals surface area contributed by atoms with Gasteiger partial charge in [-0.3, -0.25) is 0 Å². The maximum atomic E-state index is 9.55. The number of rotatable bonds is 9. The molecule has 2 aromatic carbocycles. The summed E-state index contributed by atoms with van der Waals surface area (Å²) >= 11 is 0. The molecule has 0 saturated heterocycles. The van der Waals surface area contributed by atoms with Gasteiger partial charge >= 0.3 is 11.9 Å². The Hall–Kier alpha value is -2.92. The number of carboxylic acid groups (broad SMARTS) is 2. The highest BCUT2D eigenvalue weighted by Gasteiger charge is 2.25. The summed E-state index contributed by atoms with van der Waals surface area (Å²) in [5.41, 5.74) is 2.94. The zero-order valence-electron chi connectivity index (χ0n) is 18.8. The van der Waals surface area contributed by atoms with Crippen molar-refractivity contribution in [3.05, 3.63) is 83.9 Å². The van der Waals surface area contributed by atoms with E-state index in [0.717, 1.165) is 18.9 Å². The van der Waals surface area contributed by atoms with Crippen LogP contribution in [0.4, 0.5) is 0 Å². The molecule has 2 aromatic rings. The van der Waals surface area contributed by atoms with Crippen LogP contribution in [-0.2, 0) is 16.0 Å². The van der Waals surface area contributed by atoms with E-state index in [1.807, 2.05) is 0 Å². The van der Waals surface area contributed by atoms with Gasteiger partial charge in [0.15, 0.2) is 0 Å². The standard InChI is InChI=1S/C23H31N.C4H4O4/c1-19(17-20-11-5-2-6-12-20)24-18-23(21-13-7-3-8-14-21)22-15-9-4-10-16-22;5-3(6)1-2-4(7)8/h2-3,5-8,11-14,19,22-24H,4,9-10,15-18H2,1H3;1-2H,(H,5,6)(H,7,8)/b;2-1-. The monoisotopic (exact) mass is 437 g/mol.